The molecule has 1 fully saturated rings. The van der Waals surface area contributed by atoms with Crippen LogP contribution >= 0.6 is 11.3 Å². The molecule has 1 aromatic rings. The molecule has 0 spiro atoms. The van der Waals surface area contributed by atoms with E-state index in [4.69, 9.17) is 4.74 Å². The zero-order chi connectivity index (χ0) is 14.0. The third-order valence-electron chi connectivity index (χ3n) is 3.76. The number of likely N-dealkylation sites (N-methyl/N-ethyl adjacent to an activating group) is 1. The highest BCUT2D eigenvalue weighted by atomic mass is 32.1. The van der Waals surface area contributed by atoms with Crippen molar-refractivity contribution in [3.8, 4) is 0 Å². The van der Waals surface area contributed by atoms with Gasteiger partial charge in [-0.2, -0.15) is 0 Å². The monoisotopic (exact) mass is 283 g/mol. The van der Waals surface area contributed by atoms with Gasteiger partial charge in [-0.15, -0.1) is 11.3 Å². The van der Waals surface area contributed by atoms with E-state index in [0.717, 1.165) is 13.1 Å². The van der Waals surface area contributed by atoms with Crippen molar-refractivity contribution in [1.82, 2.24) is 4.90 Å². The fourth-order valence-corrected chi connectivity index (χ4v) is 3.60. The number of carboxylic acids is 1. The Labute approximate surface area is 118 Å². The number of carboxylic acid groups (broad SMARTS) is 1. The molecule has 2 rings (SSSR count). The summed E-state index contributed by atoms with van der Waals surface area (Å²) >= 11 is 1.80. The number of carbonyl (C=O) groups is 1. The van der Waals surface area contributed by atoms with Crippen molar-refractivity contribution >= 4 is 17.3 Å². The summed E-state index contributed by atoms with van der Waals surface area (Å²) < 4.78 is 5.37. The molecule has 0 radical (unpaired) electrons. The van der Waals surface area contributed by atoms with Gasteiger partial charge in [0, 0.05) is 22.3 Å². The van der Waals surface area contributed by atoms with Gasteiger partial charge in [0.25, 0.3) is 0 Å². The van der Waals surface area contributed by atoms with Gasteiger partial charge < -0.3 is 9.84 Å². The highest BCUT2D eigenvalue weighted by molar-refractivity contribution is 7.12. The molecule has 4 nitrogen and oxygen atoms in total. The van der Waals surface area contributed by atoms with Crippen LogP contribution in [0, 0.1) is 19.8 Å². The Kier molecular flexibility index (Phi) is 4.60. The van der Waals surface area contributed by atoms with Crippen molar-refractivity contribution in [2.24, 2.45) is 5.92 Å². The molecule has 0 amide bonds. The number of hydrogen-bond donors (Lipinski definition) is 1. The van der Waals surface area contributed by atoms with Crippen molar-refractivity contribution in [3.05, 3.63) is 21.4 Å². The molecule has 2 atom stereocenters. The molecule has 0 aliphatic carbocycles. The van der Waals surface area contributed by atoms with Gasteiger partial charge in [0.2, 0.25) is 0 Å². The van der Waals surface area contributed by atoms with Crippen LogP contribution in [0.15, 0.2) is 6.07 Å². The maximum atomic E-state index is 11.3. The predicted octanol–water partition coefficient (Wildman–Crippen LogP) is 2.29. The second-order valence-corrected chi connectivity index (χ2v) is 6.51. The van der Waals surface area contributed by atoms with Crippen molar-refractivity contribution in [3.63, 3.8) is 0 Å². The van der Waals surface area contributed by atoms with Gasteiger partial charge in [-0.3, -0.25) is 9.69 Å². The lowest BCUT2D eigenvalue weighted by atomic mass is 10.0. The average Bonchev–Trinajstić information content (AvgIpc) is 2.93. The van der Waals surface area contributed by atoms with Gasteiger partial charge in [0.05, 0.1) is 19.1 Å². The molecule has 5 heteroatoms. The van der Waals surface area contributed by atoms with Gasteiger partial charge in [-0.05, 0) is 32.0 Å². The lowest BCUT2D eigenvalue weighted by molar-refractivity contribution is -0.143. The molecule has 0 saturated carbocycles. The number of thiophene rings is 1. The number of ether oxygens (including phenoxy) is 1. The van der Waals surface area contributed by atoms with Crippen LogP contribution in [0.1, 0.15) is 22.2 Å². The molecule has 1 aliphatic rings. The first kappa shape index (κ1) is 14.5. The van der Waals surface area contributed by atoms with Crippen LogP contribution in [-0.2, 0) is 16.1 Å². The van der Waals surface area contributed by atoms with Crippen LogP contribution in [0.4, 0.5) is 0 Å². The number of hydrogen-bond acceptors (Lipinski definition) is 4. The van der Waals surface area contributed by atoms with E-state index in [0.29, 0.717) is 13.2 Å². The van der Waals surface area contributed by atoms with E-state index in [-0.39, 0.29) is 6.04 Å². The summed E-state index contributed by atoms with van der Waals surface area (Å²) in [5.41, 5.74) is 1.31. The lowest BCUT2D eigenvalue weighted by Gasteiger charge is -2.29. The quantitative estimate of drug-likeness (QED) is 0.901. The maximum Gasteiger partial charge on any atom is 0.310 e. The smallest absolute Gasteiger partial charge is 0.310 e. The summed E-state index contributed by atoms with van der Waals surface area (Å²) in [6, 6.07) is 2.19. The highest BCUT2D eigenvalue weighted by Gasteiger charge is 2.37. The highest BCUT2D eigenvalue weighted by Crippen LogP contribution is 2.26. The minimum Gasteiger partial charge on any atom is -0.481 e. The molecule has 2 heterocycles. The normalized spacial score (nSPS) is 23.2. The standard InChI is InChI=1S/C14H21NO3S/c1-4-15(6-11-5-9(2)19-10(11)3)13-8-18-7-12(13)14(16)17/h5,12-13H,4,6-8H2,1-3H3,(H,16,17). The molecule has 1 aromatic heterocycles. The van der Waals surface area contributed by atoms with Gasteiger partial charge >= 0.3 is 5.97 Å². The molecule has 106 valence electrons. The molecule has 19 heavy (non-hydrogen) atoms. The zero-order valence-corrected chi connectivity index (χ0v) is 12.5. The van der Waals surface area contributed by atoms with Crippen LogP contribution < -0.4 is 0 Å². The molecular formula is C14H21NO3S. The average molecular weight is 283 g/mol. The fraction of sp³-hybridized carbons (Fsp3) is 0.643. The Balaban J connectivity index is 2.11. The van der Waals surface area contributed by atoms with Gasteiger partial charge in [-0.25, -0.2) is 0 Å². The largest absolute Gasteiger partial charge is 0.481 e. The second-order valence-electron chi connectivity index (χ2n) is 5.05. The topological polar surface area (TPSA) is 49.8 Å². The minimum atomic E-state index is -0.751. The number of aliphatic carboxylic acids is 1. The summed E-state index contributed by atoms with van der Waals surface area (Å²) in [6.07, 6.45) is 0. The molecule has 0 bridgehead atoms. The third kappa shape index (κ3) is 3.16. The van der Waals surface area contributed by atoms with Crippen molar-refractivity contribution < 1.29 is 14.6 Å². The van der Waals surface area contributed by atoms with E-state index in [1.807, 2.05) is 0 Å². The Hall–Kier alpha value is -0.910. The second kappa shape index (κ2) is 6.03. The Morgan fingerprint density at radius 3 is 2.79 bits per heavy atom. The summed E-state index contributed by atoms with van der Waals surface area (Å²) in [5, 5.41) is 9.25. The van der Waals surface area contributed by atoms with E-state index < -0.39 is 11.9 Å². The Morgan fingerprint density at radius 1 is 1.53 bits per heavy atom. The van der Waals surface area contributed by atoms with Crippen LogP contribution in [0.25, 0.3) is 0 Å². The molecule has 1 saturated heterocycles. The van der Waals surface area contributed by atoms with Crippen molar-refractivity contribution in [2.45, 2.75) is 33.4 Å². The fourth-order valence-electron chi connectivity index (χ4n) is 2.66. The maximum absolute atomic E-state index is 11.3. The third-order valence-corrected chi connectivity index (χ3v) is 4.77. The lowest BCUT2D eigenvalue weighted by Crippen LogP contribution is -2.42. The first-order chi connectivity index (χ1) is 9.02. The molecule has 1 N–H and O–H groups in total. The first-order valence-corrected chi connectivity index (χ1v) is 7.45. The first-order valence-electron chi connectivity index (χ1n) is 6.63. The molecule has 0 aromatic carbocycles. The van der Waals surface area contributed by atoms with Gasteiger partial charge in [0.15, 0.2) is 0 Å². The summed E-state index contributed by atoms with van der Waals surface area (Å²) in [4.78, 5) is 16.1. The van der Waals surface area contributed by atoms with E-state index in [9.17, 15) is 9.90 Å². The van der Waals surface area contributed by atoms with Crippen LogP contribution in [0.5, 0.6) is 0 Å². The van der Waals surface area contributed by atoms with Crippen molar-refractivity contribution in [1.29, 1.82) is 0 Å². The summed E-state index contributed by atoms with van der Waals surface area (Å²) in [6.45, 7) is 8.81. The number of aryl methyl sites for hydroxylation is 2. The minimum absolute atomic E-state index is 0.0119. The zero-order valence-electron chi connectivity index (χ0n) is 11.7. The van der Waals surface area contributed by atoms with Crippen molar-refractivity contribution in [2.75, 3.05) is 19.8 Å². The SMILES string of the molecule is CCN(Cc1cc(C)sc1C)C1COCC1C(=O)O. The van der Waals surface area contributed by atoms with E-state index in [1.165, 1.54) is 15.3 Å². The van der Waals surface area contributed by atoms with Gasteiger partial charge in [0.1, 0.15) is 0 Å². The predicted molar refractivity (Wildman–Crippen MR) is 75.6 cm³/mol. The van der Waals surface area contributed by atoms with Crippen LogP contribution in [0.2, 0.25) is 0 Å². The molecule has 1 aliphatic heterocycles. The molecule has 2 unspecified atom stereocenters. The summed E-state index contributed by atoms with van der Waals surface area (Å²) in [7, 11) is 0. The Morgan fingerprint density at radius 2 is 2.26 bits per heavy atom. The number of rotatable bonds is 5. The van der Waals surface area contributed by atoms with Crippen LogP contribution in [0.3, 0.4) is 0 Å². The van der Waals surface area contributed by atoms with Crippen LogP contribution in [-0.4, -0.2) is 41.8 Å². The number of nitrogens with zero attached hydrogens (tertiary/aromatic N) is 1. The Bertz CT molecular complexity index is 458. The molecular weight excluding hydrogens is 262 g/mol. The van der Waals surface area contributed by atoms with E-state index in [2.05, 4.69) is 31.7 Å². The van der Waals surface area contributed by atoms with E-state index in [1.54, 1.807) is 11.3 Å². The van der Waals surface area contributed by atoms with E-state index >= 15 is 0 Å². The summed E-state index contributed by atoms with van der Waals surface area (Å²) in [5.74, 6) is -1.15. The van der Waals surface area contributed by atoms with Gasteiger partial charge in [-0.1, -0.05) is 6.92 Å².